The molecule has 1 heterocycles. The quantitative estimate of drug-likeness (QED) is 0.530. The maximum absolute atomic E-state index is 5.43. The number of hydrogen-bond acceptors (Lipinski definition) is 2. The third kappa shape index (κ3) is 1.00. The van der Waals surface area contributed by atoms with Crippen molar-refractivity contribution in [1.82, 2.24) is 5.32 Å². The second kappa shape index (κ2) is 2.56. The van der Waals surface area contributed by atoms with Crippen LogP contribution in [0.4, 0.5) is 0 Å². The van der Waals surface area contributed by atoms with E-state index in [2.05, 4.69) is 23.5 Å². The zero-order chi connectivity index (χ0) is 6.81. The van der Waals surface area contributed by atoms with Gasteiger partial charge in [-0.15, -0.1) is 0 Å². The smallest absolute Gasteiger partial charge is 0.0973 e. The topological polar surface area (TPSA) is 21.3 Å². The van der Waals surface area contributed by atoms with Crippen LogP contribution in [0.15, 0.2) is 24.3 Å². The van der Waals surface area contributed by atoms with Gasteiger partial charge in [-0.25, -0.2) is 0 Å². The molecule has 54 valence electrons. The van der Waals surface area contributed by atoms with Crippen LogP contribution in [-0.2, 0) is 4.74 Å². The SMILES string of the molecule is C1=CC2CNCOC2C=C1. The first-order valence-electron chi connectivity index (χ1n) is 3.64. The molecule has 1 aliphatic heterocycles. The number of rotatable bonds is 0. The molecule has 2 aliphatic rings. The fourth-order valence-electron chi connectivity index (χ4n) is 1.38. The second-order valence-corrected chi connectivity index (χ2v) is 2.66. The first-order valence-corrected chi connectivity index (χ1v) is 3.64. The molecule has 0 bridgehead atoms. The zero-order valence-electron chi connectivity index (χ0n) is 5.79. The Labute approximate surface area is 60.6 Å². The third-order valence-corrected chi connectivity index (χ3v) is 1.95. The molecular weight excluding hydrogens is 126 g/mol. The average molecular weight is 137 g/mol. The van der Waals surface area contributed by atoms with Crippen molar-refractivity contribution in [3.8, 4) is 0 Å². The number of hydrogen-bond donors (Lipinski definition) is 1. The number of fused-ring (bicyclic) bond motifs is 1. The summed E-state index contributed by atoms with van der Waals surface area (Å²) in [5, 5.41) is 3.18. The Morgan fingerprint density at radius 2 is 2.20 bits per heavy atom. The Kier molecular flexibility index (Phi) is 1.57. The molecule has 2 atom stereocenters. The molecule has 0 aromatic heterocycles. The van der Waals surface area contributed by atoms with Crippen LogP contribution in [-0.4, -0.2) is 19.4 Å². The standard InChI is InChI=1S/C8H11NO/c1-2-4-8-7(3-1)5-9-6-10-8/h1-4,7-9H,5-6H2. The molecule has 0 radical (unpaired) electrons. The van der Waals surface area contributed by atoms with Crippen molar-refractivity contribution in [1.29, 1.82) is 0 Å². The highest BCUT2D eigenvalue weighted by Gasteiger charge is 2.21. The van der Waals surface area contributed by atoms with E-state index in [1.54, 1.807) is 0 Å². The lowest BCUT2D eigenvalue weighted by Crippen LogP contribution is -2.40. The van der Waals surface area contributed by atoms with Crippen LogP contribution in [0.25, 0.3) is 0 Å². The summed E-state index contributed by atoms with van der Waals surface area (Å²) in [6, 6.07) is 0. The minimum atomic E-state index is 0.325. The first kappa shape index (κ1) is 6.13. The van der Waals surface area contributed by atoms with Crippen LogP contribution in [0.3, 0.4) is 0 Å². The van der Waals surface area contributed by atoms with Crippen molar-refractivity contribution in [3.05, 3.63) is 24.3 Å². The van der Waals surface area contributed by atoms with Crippen LogP contribution in [0.1, 0.15) is 0 Å². The normalized spacial score (nSPS) is 37.6. The fourth-order valence-corrected chi connectivity index (χ4v) is 1.38. The van der Waals surface area contributed by atoms with E-state index in [1.807, 2.05) is 6.08 Å². The number of ether oxygens (including phenoxy) is 1. The Balaban J connectivity index is 2.09. The van der Waals surface area contributed by atoms with Gasteiger partial charge in [0.05, 0.1) is 12.8 Å². The summed E-state index contributed by atoms with van der Waals surface area (Å²) in [7, 11) is 0. The minimum Gasteiger partial charge on any atom is -0.358 e. The van der Waals surface area contributed by atoms with E-state index >= 15 is 0 Å². The Bertz CT molecular complexity index is 154. The van der Waals surface area contributed by atoms with Crippen molar-refractivity contribution in [2.24, 2.45) is 5.92 Å². The molecule has 2 rings (SSSR count). The molecule has 0 aromatic carbocycles. The highest BCUT2D eigenvalue weighted by Crippen LogP contribution is 2.17. The van der Waals surface area contributed by atoms with E-state index in [4.69, 9.17) is 4.74 Å². The molecule has 2 nitrogen and oxygen atoms in total. The average Bonchev–Trinajstić information content (AvgIpc) is 2.05. The van der Waals surface area contributed by atoms with E-state index in [0.29, 0.717) is 18.8 Å². The van der Waals surface area contributed by atoms with Crippen LogP contribution < -0.4 is 5.32 Å². The van der Waals surface area contributed by atoms with Gasteiger partial charge in [-0.2, -0.15) is 0 Å². The van der Waals surface area contributed by atoms with Gasteiger partial charge in [0, 0.05) is 12.5 Å². The summed E-state index contributed by atoms with van der Waals surface area (Å²) >= 11 is 0. The third-order valence-electron chi connectivity index (χ3n) is 1.95. The second-order valence-electron chi connectivity index (χ2n) is 2.66. The van der Waals surface area contributed by atoms with Crippen LogP contribution >= 0.6 is 0 Å². The molecule has 0 spiro atoms. The van der Waals surface area contributed by atoms with Gasteiger partial charge in [0.1, 0.15) is 0 Å². The Morgan fingerprint density at radius 3 is 3.10 bits per heavy atom. The van der Waals surface area contributed by atoms with E-state index < -0.39 is 0 Å². The van der Waals surface area contributed by atoms with E-state index in [-0.39, 0.29) is 0 Å². The minimum absolute atomic E-state index is 0.325. The molecule has 1 N–H and O–H groups in total. The maximum Gasteiger partial charge on any atom is 0.0973 e. The van der Waals surface area contributed by atoms with Gasteiger partial charge in [0.2, 0.25) is 0 Å². The molecule has 2 heteroatoms. The molecule has 0 saturated carbocycles. The highest BCUT2D eigenvalue weighted by molar-refractivity contribution is 5.16. The fraction of sp³-hybridized carbons (Fsp3) is 0.500. The predicted molar refractivity (Wildman–Crippen MR) is 39.5 cm³/mol. The highest BCUT2D eigenvalue weighted by atomic mass is 16.5. The molecule has 1 aliphatic carbocycles. The van der Waals surface area contributed by atoms with Gasteiger partial charge in [-0.05, 0) is 0 Å². The van der Waals surface area contributed by atoms with E-state index in [0.717, 1.165) is 6.54 Å². The van der Waals surface area contributed by atoms with Gasteiger partial charge in [0.25, 0.3) is 0 Å². The molecule has 0 aromatic rings. The summed E-state index contributed by atoms with van der Waals surface area (Å²) in [5.41, 5.74) is 0. The summed E-state index contributed by atoms with van der Waals surface area (Å²) < 4.78 is 5.43. The molecule has 2 unspecified atom stereocenters. The molecule has 1 fully saturated rings. The number of nitrogens with one attached hydrogen (secondary N) is 1. The lowest BCUT2D eigenvalue weighted by atomic mass is 9.97. The lowest BCUT2D eigenvalue weighted by molar-refractivity contribution is 0.0106. The van der Waals surface area contributed by atoms with E-state index in [1.165, 1.54) is 0 Å². The first-order chi connectivity index (χ1) is 4.97. The summed E-state index contributed by atoms with van der Waals surface area (Å²) in [6.07, 6.45) is 8.76. The zero-order valence-corrected chi connectivity index (χ0v) is 5.79. The van der Waals surface area contributed by atoms with Gasteiger partial charge >= 0.3 is 0 Å². The van der Waals surface area contributed by atoms with Gasteiger partial charge in [-0.3, -0.25) is 5.32 Å². The predicted octanol–water partition coefficient (Wildman–Crippen LogP) is 0.674. The van der Waals surface area contributed by atoms with Gasteiger partial charge < -0.3 is 4.74 Å². The molecule has 1 saturated heterocycles. The lowest BCUT2D eigenvalue weighted by Gasteiger charge is -2.29. The van der Waals surface area contributed by atoms with Crippen molar-refractivity contribution < 1.29 is 4.74 Å². The molecule has 10 heavy (non-hydrogen) atoms. The Hall–Kier alpha value is -0.600. The summed E-state index contributed by atoms with van der Waals surface area (Å²) in [6.45, 7) is 1.74. The number of allylic oxidation sites excluding steroid dienone is 2. The van der Waals surface area contributed by atoms with Crippen molar-refractivity contribution in [2.45, 2.75) is 6.10 Å². The monoisotopic (exact) mass is 137 g/mol. The summed E-state index contributed by atoms with van der Waals surface area (Å²) in [4.78, 5) is 0. The van der Waals surface area contributed by atoms with Crippen molar-refractivity contribution in [2.75, 3.05) is 13.3 Å². The van der Waals surface area contributed by atoms with Crippen LogP contribution in [0.5, 0.6) is 0 Å². The van der Waals surface area contributed by atoms with Gasteiger partial charge in [-0.1, -0.05) is 24.3 Å². The maximum atomic E-state index is 5.43. The largest absolute Gasteiger partial charge is 0.358 e. The van der Waals surface area contributed by atoms with Gasteiger partial charge in [0.15, 0.2) is 0 Å². The van der Waals surface area contributed by atoms with Crippen molar-refractivity contribution >= 4 is 0 Å². The molecular formula is C8H11NO. The summed E-state index contributed by atoms with van der Waals surface area (Å²) in [5.74, 6) is 0.554. The van der Waals surface area contributed by atoms with Crippen molar-refractivity contribution in [3.63, 3.8) is 0 Å². The van der Waals surface area contributed by atoms with E-state index in [9.17, 15) is 0 Å². The Morgan fingerprint density at radius 1 is 1.30 bits per heavy atom. The van der Waals surface area contributed by atoms with Crippen LogP contribution in [0, 0.1) is 5.92 Å². The van der Waals surface area contributed by atoms with Crippen LogP contribution in [0.2, 0.25) is 0 Å². The molecule has 0 amide bonds.